The molecule has 0 heterocycles. The lowest BCUT2D eigenvalue weighted by atomic mass is 9.96. The minimum absolute atomic E-state index is 0.154. The lowest BCUT2D eigenvalue weighted by Crippen LogP contribution is -2.17. The van der Waals surface area contributed by atoms with E-state index in [1.165, 1.54) is 16.7 Å². The van der Waals surface area contributed by atoms with Crippen LogP contribution in [0.5, 0.6) is 0 Å². The largest absolute Gasteiger partial charge is 0.309 e. The predicted molar refractivity (Wildman–Crippen MR) is 90.5 cm³/mol. The Morgan fingerprint density at radius 1 is 1.15 bits per heavy atom. The Hall–Kier alpha value is -0.830. The molecule has 0 aromatic heterocycles. The summed E-state index contributed by atoms with van der Waals surface area (Å²) < 4.78 is 1.00. The SMILES string of the molecule is CCCc1cccc(C(NC)c2cc(Cl)cc(Br)c2)c1. The molecule has 3 heteroatoms. The molecule has 0 saturated carbocycles. The van der Waals surface area contributed by atoms with Gasteiger partial charge in [0, 0.05) is 9.50 Å². The van der Waals surface area contributed by atoms with Crippen LogP contribution < -0.4 is 5.32 Å². The molecule has 106 valence electrons. The highest BCUT2D eigenvalue weighted by atomic mass is 79.9. The summed E-state index contributed by atoms with van der Waals surface area (Å²) in [6.45, 7) is 2.20. The van der Waals surface area contributed by atoms with Crippen molar-refractivity contribution in [3.8, 4) is 0 Å². The van der Waals surface area contributed by atoms with Gasteiger partial charge in [0.05, 0.1) is 6.04 Å². The van der Waals surface area contributed by atoms with E-state index >= 15 is 0 Å². The van der Waals surface area contributed by atoms with Crippen LogP contribution in [-0.2, 0) is 6.42 Å². The zero-order valence-corrected chi connectivity index (χ0v) is 14.1. The zero-order valence-electron chi connectivity index (χ0n) is 11.8. The average molecular weight is 353 g/mol. The molecule has 0 aliphatic heterocycles. The second kappa shape index (κ2) is 7.26. The molecule has 0 saturated heterocycles. The Morgan fingerprint density at radius 3 is 2.60 bits per heavy atom. The van der Waals surface area contributed by atoms with E-state index in [2.05, 4.69) is 58.5 Å². The van der Waals surface area contributed by atoms with Gasteiger partial charge in [-0.05, 0) is 48.4 Å². The molecule has 2 aromatic carbocycles. The summed E-state index contributed by atoms with van der Waals surface area (Å²) >= 11 is 9.67. The Morgan fingerprint density at radius 2 is 1.95 bits per heavy atom. The van der Waals surface area contributed by atoms with Gasteiger partial charge in [0.15, 0.2) is 0 Å². The minimum atomic E-state index is 0.154. The van der Waals surface area contributed by atoms with Crippen molar-refractivity contribution >= 4 is 27.5 Å². The number of halogens is 2. The molecule has 2 aromatic rings. The van der Waals surface area contributed by atoms with E-state index in [1.807, 2.05) is 19.2 Å². The molecular weight excluding hydrogens is 334 g/mol. The molecule has 0 spiro atoms. The maximum absolute atomic E-state index is 6.16. The molecular formula is C17H19BrClN. The summed E-state index contributed by atoms with van der Waals surface area (Å²) in [6.07, 6.45) is 2.28. The van der Waals surface area contributed by atoms with Gasteiger partial charge in [-0.15, -0.1) is 0 Å². The highest BCUT2D eigenvalue weighted by Crippen LogP contribution is 2.28. The lowest BCUT2D eigenvalue weighted by molar-refractivity contribution is 0.690. The maximum Gasteiger partial charge on any atom is 0.0575 e. The van der Waals surface area contributed by atoms with Gasteiger partial charge in [-0.1, -0.05) is 65.1 Å². The van der Waals surface area contributed by atoms with Crippen LogP contribution in [0, 0.1) is 0 Å². The van der Waals surface area contributed by atoms with Gasteiger partial charge in [-0.2, -0.15) is 0 Å². The third-order valence-corrected chi connectivity index (χ3v) is 4.01. The summed E-state index contributed by atoms with van der Waals surface area (Å²) in [7, 11) is 1.98. The van der Waals surface area contributed by atoms with Crippen LogP contribution in [0.2, 0.25) is 5.02 Å². The van der Waals surface area contributed by atoms with Crippen LogP contribution in [0.25, 0.3) is 0 Å². The lowest BCUT2D eigenvalue weighted by Gasteiger charge is -2.19. The number of benzene rings is 2. The van der Waals surface area contributed by atoms with E-state index in [4.69, 9.17) is 11.6 Å². The first-order valence-electron chi connectivity index (χ1n) is 6.86. The van der Waals surface area contributed by atoms with E-state index in [0.717, 1.165) is 22.3 Å². The number of aryl methyl sites for hydroxylation is 1. The molecule has 1 N–H and O–H groups in total. The highest BCUT2D eigenvalue weighted by molar-refractivity contribution is 9.10. The predicted octanol–water partition coefficient (Wildman–Crippen LogP) is 5.36. The van der Waals surface area contributed by atoms with E-state index in [1.54, 1.807) is 0 Å². The number of hydrogen-bond acceptors (Lipinski definition) is 1. The standard InChI is InChI=1S/C17H19BrClN/c1-3-5-12-6-4-7-13(8-12)17(20-2)14-9-15(18)11-16(19)10-14/h4,6-11,17,20H,3,5H2,1-2H3. The van der Waals surface area contributed by atoms with Crippen molar-refractivity contribution in [2.45, 2.75) is 25.8 Å². The summed E-state index contributed by atoms with van der Waals surface area (Å²) in [4.78, 5) is 0. The smallest absolute Gasteiger partial charge is 0.0575 e. The second-order valence-electron chi connectivity index (χ2n) is 4.92. The van der Waals surface area contributed by atoms with E-state index < -0.39 is 0 Å². The van der Waals surface area contributed by atoms with Gasteiger partial charge in [0.25, 0.3) is 0 Å². The van der Waals surface area contributed by atoms with Gasteiger partial charge < -0.3 is 5.32 Å². The van der Waals surface area contributed by atoms with Crippen LogP contribution in [0.4, 0.5) is 0 Å². The van der Waals surface area contributed by atoms with Crippen LogP contribution in [0.3, 0.4) is 0 Å². The molecule has 0 amide bonds. The van der Waals surface area contributed by atoms with Gasteiger partial charge in [-0.3, -0.25) is 0 Å². The fraction of sp³-hybridized carbons (Fsp3) is 0.294. The molecule has 0 bridgehead atoms. The first-order valence-corrected chi connectivity index (χ1v) is 8.03. The number of rotatable bonds is 5. The molecule has 0 aliphatic rings. The van der Waals surface area contributed by atoms with Gasteiger partial charge in [-0.25, -0.2) is 0 Å². The highest BCUT2D eigenvalue weighted by Gasteiger charge is 2.13. The fourth-order valence-corrected chi connectivity index (χ4v) is 3.37. The Bertz CT molecular complexity index is 563. The maximum atomic E-state index is 6.16. The Kier molecular flexibility index (Phi) is 5.64. The van der Waals surface area contributed by atoms with Crippen molar-refractivity contribution in [1.29, 1.82) is 0 Å². The second-order valence-corrected chi connectivity index (χ2v) is 6.27. The zero-order chi connectivity index (χ0) is 14.5. The molecule has 0 fully saturated rings. The van der Waals surface area contributed by atoms with Crippen LogP contribution in [0.1, 0.15) is 36.1 Å². The van der Waals surface area contributed by atoms with E-state index in [-0.39, 0.29) is 6.04 Å². The summed E-state index contributed by atoms with van der Waals surface area (Å²) in [5.41, 5.74) is 3.82. The fourth-order valence-electron chi connectivity index (χ4n) is 2.48. The molecule has 1 unspecified atom stereocenters. The monoisotopic (exact) mass is 351 g/mol. The van der Waals surface area contributed by atoms with Crippen molar-refractivity contribution < 1.29 is 0 Å². The van der Waals surface area contributed by atoms with Crippen LogP contribution >= 0.6 is 27.5 Å². The molecule has 20 heavy (non-hydrogen) atoms. The van der Waals surface area contributed by atoms with E-state index in [0.29, 0.717) is 0 Å². The Balaban J connectivity index is 2.38. The average Bonchev–Trinajstić information content (AvgIpc) is 2.39. The molecule has 0 radical (unpaired) electrons. The van der Waals surface area contributed by atoms with Gasteiger partial charge in [0.2, 0.25) is 0 Å². The first-order chi connectivity index (χ1) is 9.63. The quantitative estimate of drug-likeness (QED) is 0.763. The van der Waals surface area contributed by atoms with Gasteiger partial charge >= 0.3 is 0 Å². The third kappa shape index (κ3) is 3.85. The van der Waals surface area contributed by atoms with Crippen molar-refractivity contribution in [1.82, 2.24) is 5.32 Å². The topological polar surface area (TPSA) is 12.0 Å². The van der Waals surface area contributed by atoms with Crippen molar-refractivity contribution in [3.63, 3.8) is 0 Å². The van der Waals surface area contributed by atoms with Gasteiger partial charge in [0.1, 0.15) is 0 Å². The number of nitrogens with one attached hydrogen (secondary N) is 1. The molecule has 1 atom stereocenters. The van der Waals surface area contributed by atoms with Crippen LogP contribution in [0.15, 0.2) is 46.9 Å². The van der Waals surface area contributed by atoms with Crippen molar-refractivity contribution in [2.24, 2.45) is 0 Å². The van der Waals surface area contributed by atoms with Crippen LogP contribution in [-0.4, -0.2) is 7.05 Å². The van der Waals surface area contributed by atoms with Crippen molar-refractivity contribution in [2.75, 3.05) is 7.05 Å². The van der Waals surface area contributed by atoms with E-state index in [9.17, 15) is 0 Å². The Labute approximate surface area is 134 Å². The van der Waals surface area contributed by atoms with Crippen molar-refractivity contribution in [3.05, 3.63) is 68.7 Å². The third-order valence-electron chi connectivity index (χ3n) is 3.33. The summed E-state index contributed by atoms with van der Waals surface area (Å²) in [6, 6.07) is 14.9. The molecule has 0 aliphatic carbocycles. The normalized spacial score (nSPS) is 12.4. The minimum Gasteiger partial charge on any atom is -0.309 e. The molecule has 1 nitrogen and oxygen atoms in total. The molecule has 2 rings (SSSR count). The first kappa shape index (κ1) is 15.6. The summed E-state index contributed by atoms with van der Waals surface area (Å²) in [5, 5.41) is 4.13. The number of hydrogen-bond donors (Lipinski definition) is 1. The summed E-state index contributed by atoms with van der Waals surface area (Å²) in [5.74, 6) is 0.